The Morgan fingerprint density at radius 1 is 0.913 bits per heavy atom. The third-order valence-electron chi connectivity index (χ3n) is 5.37. The molecule has 1 aliphatic carbocycles. The molecular formula is C20H21Cl2N. The van der Waals surface area contributed by atoms with Crippen molar-refractivity contribution in [2.75, 3.05) is 6.54 Å². The van der Waals surface area contributed by atoms with E-state index in [9.17, 15) is 0 Å². The lowest BCUT2D eigenvalue weighted by Gasteiger charge is -2.42. The molecule has 0 spiro atoms. The Balaban J connectivity index is 1.58. The molecule has 2 aromatic carbocycles. The Morgan fingerprint density at radius 2 is 1.70 bits per heavy atom. The molecule has 1 nitrogen and oxygen atoms in total. The Labute approximate surface area is 148 Å². The zero-order chi connectivity index (χ0) is 15.8. The molecule has 1 fully saturated rings. The summed E-state index contributed by atoms with van der Waals surface area (Å²) in [6.45, 7) is 2.17. The highest BCUT2D eigenvalue weighted by Crippen LogP contribution is 2.33. The Hall–Kier alpha value is -1.02. The Kier molecular flexibility index (Phi) is 4.36. The Morgan fingerprint density at radius 3 is 2.48 bits per heavy atom. The predicted molar refractivity (Wildman–Crippen MR) is 97.2 cm³/mol. The molecule has 1 saturated heterocycles. The number of hydrogen-bond acceptors (Lipinski definition) is 1. The van der Waals surface area contributed by atoms with Gasteiger partial charge in [-0.3, -0.25) is 4.90 Å². The van der Waals surface area contributed by atoms with Crippen molar-refractivity contribution in [3.05, 3.63) is 69.2 Å². The van der Waals surface area contributed by atoms with Crippen molar-refractivity contribution in [1.82, 2.24) is 4.90 Å². The zero-order valence-electron chi connectivity index (χ0n) is 13.1. The minimum Gasteiger partial charge on any atom is -0.296 e. The Bertz CT molecular complexity index is 713. The SMILES string of the molecule is Clc1ccc(CN2C[C@@H]3CCC2Cc2ccccc2C3)cc1Cl. The monoisotopic (exact) mass is 345 g/mol. The van der Waals surface area contributed by atoms with Gasteiger partial charge in [0.15, 0.2) is 0 Å². The molecule has 5 rings (SSSR count). The summed E-state index contributed by atoms with van der Waals surface area (Å²) in [7, 11) is 0. The third kappa shape index (κ3) is 3.28. The lowest BCUT2D eigenvalue weighted by Crippen LogP contribution is -2.46. The molecule has 0 amide bonds. The second kappa shape index (κ2) is 6.47. The highest BCUT2D eigenvalue weighted by molar-refractivity contribution is 6.42. The van der Waals surface area contributed by atoms with Gasteiger partial charge in [-0.2, -0.15) is 0 Å². The van der Waals surface area contributed by atoms with Gasteiger partial charge in [-0.1, -0.05) is 53.5 Å². The van der Waals surface area contributed by atoms with Crippen LogP contribution in [-0.2, 0) is 19.4 Å². The highest BCUT2D eigenvalue weighted by Gasteiger charge is 2.31. The second-order valence-electron chi connectivity index (χ2n) is 6.95. The fourth-order valence-corrected chi connectivity index (χ4v) is 4.49. The number of piperidine rings is 1. The van der Waals surface area contributed by atoms with Gasteiger partial charge in [0.25, 0.3) is 0 Å². The molecule has 23 heavy (non-hydrogen) atoms. The molecule has 0 radical (unpaired) electrons. The molecule has 3 aliphatic rings. The van der Waals surface area contributed by atoms with E-state index in [0.717, 1.165) is 12.5 Å². The van der Waals surface area contributed by atoms with Crippen LogP contribution in [0.4, 0.5) is 0 Å². The lowest BCUT2D eigenvalue weighted by molar-refractivity contribution is 0.0938. The standard InChI is InChI=1S/C20H21Cl2N/c21-19-8-6-15(10-20(19)22)13-23-12-14-5-7-18(23)11-17-4-2-1-3-16(17)9-14/h1-4,6,8,10,14,18H,5,7,9,11-13H2/t14-,18?/m1/s1. The summed E-state index contributed by atoms with van der Waals surface area (Å²) in [5.74, 6) is 0.774. The van der Waals surface area contributed by atoms with E-state index < -0.39 is 0 Å². The van der Waals surface area contributed by atoms with Crippen LogP contribution in [-0.4, -0.2) is 17.5 Å². The molecule has 0 aromatic heterocycles. The van der Waals surface area contributed by atoms with Crippen LogP contribution in [0, 0.1) is 5.92 Å². The van der Waals surface area contributed by atoms with Gasteiger partial charge in [0.05, 0.1) is 10.0 Å². The maximum Gasteiger partial charge on any atom is 0.0595 e. The molecule has 1 unspecified atom stereocenters. The van der Waals surface area contributed by atoms with Crippen LogP contribution in [0.15, 0.2) is 42.5 Å². The predicted octanol–water partition coefficient (Wildman–Crippen LogP) is 5.37. The van der Waals surface area contributed by atoms with E-state index in [2.05, 4.69) is 35.2 Å². The molecule has 2 aromatic rings. The topological polar surface area (TPSA) is 3.24 Å². The van der Waals surface area contributed by atoms with Gasteiger partial charge in [-0.25, -0.2) is 0 Å². The summed E-state index contributed by atoms with van der Waals surface area (Å²) >= 11 is 12.2. The fraction of sp³-hybridized carbons (Fsp3) is 0.400. The smallest absolute Gasteiger partial charge is 0.0595 e. The van der Waals surface area contributed by atoms with Crippen molar-refractivity contribution < 1.29 is 0 Å². The third-order valence-corrected chi connectivity index (χ3v) is 6.11. The number of benzene rings is 2. The van der Waals surface area contributed by atoms with Gasteiger partial charge in [0, 0.05) is 19.1 Å². The first-order valence-electron chi connectivity index (χ1n) is 8.44. The van der Waals surface area contributed by atoms with E-state index >= 15 is 0 Å². The number of hydrogen-bond donors (Lipinski definition) is 0. The van der Waals surface area contributed by atoms with E-state index in [-0.39, 0.29) is 0 Å². The van der Waals surface area contributed by atoms with Crippen molar-refractivity contribution in [2.45, 2.75) is 38.3 Å². The fourth-order valence-electron chi connectivity index (χ4n) is 4.17. The lowest BCUT2D eigenvalue weighted by atomic mass is 9.80. The molecule has 2 atom stereocenters. The number of fused-ring (bicyclic) bond motifs is 2. The van der Waals surface area contributed by atoms with Gasteiger partial charge >= 0.3 is 0 Å². The van der Waals surface area contributed by atoms with E-state index in [1.54, 1.807) is 11.1 Å². The van der Waals surface area contributed by atoms with Gasteiger partial charge in [-0.15, -0.1) is 0 Å². The summed E-state index contributed by atoms with van der Waals surface area (Å²) in [5, 5.41) is 1.30. The number of rotatable bonds is 2. The minimum absolute atomic E-state index is 0.638. The first-order valence-corrected chi connectivity index (χ1v) is 9.19. The van der Waals surface area contributed by atoms with Crippen LogP contribution in [0.1, 0.15) is 29.5 Å². The van der Waals surface area contributed by atoms with E-state index in [0.29, 0.717) is 16.1 Å². The van der Waals surface area contributed by atoms with Gasteiger partial charge in [-0.05, 0) is 60.4 Å². The number of halogens is 2. The number of nitrogens with zero attached hydrogens (tertiary/aromatic N) is 1. The van der Waals surface area contributed by atoms with E-state index in [1.807, 2.05) is 12.1 Å². The summed E-state index contributed by atoms with van der Waals surface area (Å²) < 4.78 is 0. The average molecular weight is 346 g/mol. The summed E-state index contributed by atoms with van der Waals surface area (Å²) in [6, 6.07) is 15.7. The molecule has 3 heteroatoms. The van der Waals surface area contributed by atoms with Gasteiger partial charge in [0.1, 0.15) is 0 Å². The van der Waals surface area contributed by atoms with Crippen LogP contribution in [0.2, 0.25) is 10.0 Å². The molecule has 0 N–H and O–H groups in total. The van der Waals surface area contributed by atoms with Gasteiger partial charge in [0.2, 0.25) is 0 Å². The van der Waals surface area contributed by atoms with Crippen molar-refractivity contribution in [1.29, 1.82) is 0 Å². The quantitative estimate of drug-likeness (QED) is 0.706. The van der Waals surface area contributed by atoms with Crippen molar-refractivity contribution in [3.8, 4) is 0 Å². The van der Waals surface area contributed by atoms with Crippen LogP contribution in [0.25, 0.3) is 0 Å². The normalized spacial score (nSPS) is 24.1. The van der Waals surface area contributed by atoms with Crippen LogP contribution in [0.3, 0.4) is 0 Å². The molecule has 120 valence electrons. The van der Waals surface area contributed by atoms with Crippen LogP contribution < -0.4 is 0 Å². The molecule has 2 bridgehead atoms. The van der Waals surface area contributed by atoms with Crippen LogP contribution >= 0.6 is 23.2 Å². The maximum atomic E-state index is 6.19. The van der Waals surface area contributed by atoms with Crippen molar-refractivity contribution in [3.63, 3.8) is 0 Å². The van der Waals surface area contributed by atoms with Gasteiger partial charge < -0.3 is 0 Å². The highest BCUT2D eigenvalue weighted by atomic mass is 35.5. The summed E-state index contributed by atoms with van der Waals surface area (Å²) in [4.78, 5) is 2.66. The molecule has 2 heterocycles. The average Bonchev–Trinajstić information content (AvgIpc) is 2.52. The van der Waals surface area contributed by atoms with Crippen molar-refractivity contribution >= 4 is 23.2 Å². The largest absolute Gasteiger partial charge is 0.296 e. The molecular weight excluding hydrogens is 325 g/mol. The maximum absolute atomic E-state index is 6.19. The first-order chi connectivity index (χ1) is 11.2. The summed E-state index contributed by atoms with van der Waals surface area (Å²) in [6.07, 6.45) is 5.06. The second-order valence-corrected chi connectivity index (χ2v) is 7.77. The molecule has 0 saturated carbocycles. The van der Waals surface area contributed by atoms with E-state index in [4.69, 9.17) is 23.2 Å². The zero-order valence-corrected chi connectivity index (χ0v) is 14.7. The summed E-state index contributed by atoms with van der Waals surface area (Å²) in [5.41, 5.74) is 4.37. The first kappa shape index (κ1) is 15.5. The minimum atomic E-state index is 0.638. The van der Waals surface area contributed by atoms with Crippen LogP contribution in [0.5, 0.6) is 0 Å². The molecule has 2 aliphatic heterocycles. The van der Waals surface area contributed by atoms with Crippen molar-refractivity contribution in [2.24, 2.45) is 5.92 Å². The van der Waals surface area contributed by atoms with E-state index in [1.165, 1.54) is 37.8 Å².